The van der Waals surface area contributed by atoms with Gasteiger partial charge in [0, 0.05) is 17.1 Å². The van der Waals surface area contributed by atoms with Crippen molar-refractivity contribution in [2.24, 2.45) is 0 Å². The average Bonchev–Trinajstić information content (AvgIpc) is 2.60. The van der Waals surface area contributed by atoms with E-state index in [0.29, 0.717) is 5.56 Å². The van der Waals surface area contributed by atoms with Gasteiger partial charge in [-0.3, -0.25) is 4.98 Å². The maximum Gasteiger partial charge on any atom is 0.338 e. The number of benzene rings is 2. The third-order valence-electron chi connectivity index (χ3n) is 3.43. The van der Waals surface area contributed by atoms with Crippen LogP contribution in [0.2, 0.25) is 0 Å². The molecule has 0 atom stereocenters. The Kier molecular flexibility index (Phi) is 4.10. The molecule has 5 heteroatoms. The second-order valence-electron chi connectivity index (χ2n) is 5.00. The maximum atomic E-state index is 12.1. The van der Waals surface area contributed by atoms with Crippen molar-refractivity contribution < 1.29 is 19.4 Å². The summed E-state index contributed by atoms with van der Waals surface area (Å²) in [6.07, 6.45) is 1.69. The Labute approximate surface area is 133 Å². The van der Waals surface area contributed by atoms with Crippen molar-refractivity contribution in [3.8, 4) is 11.5 Å². The Morgan fingerprint density at radius 1 is 1.17 bits per heavy atom. The molecule has 0 saturated carbocycles. The predicted molar refractivity (Wildman–Crippen MR) is 85.5 cm³/mol. The predicted octanol–water partition coefficient (Wildman–Crippen LogP) is 3.31. The lowest BCUT2D eigenvalue weighted by Gasteiger charge is -2.08. The first-order valence-corrected chi connectivity index (χ1v) is 7.05. The highest BCUT2D eigenvalue weighted by atomic mass is 16.5. The standard InChI is InChI=1S/C18H15NO4/c1-22-17-9-14(6-7-16(17)20)18(21)23-11-12-8-13-4-2-3-5-15(13)19-10-12/h2-10,20H,11H2,1H3. The van der Waals surface area contributed by atoms with E-state index in [1.807, 2.05) is 30.3 Å². The molecule has 1 N–H and O–H groups in total. The molecule has 23 heavy (non-hydrogen) atoms. The number of aromatic hydroxyl groups is 1. The molecule has 0 amide bonds. The third kappa shape index (κ3) is 3.23. The van der Waals surface area contributed by atoms with Crippen molar-refractivity contribution in [2.75, 3.05) is 7.11 Å². The zero-order valence-corrected chi connectivity index (χ0v) is 12.5. The van der Waals surface area contributed by atoms with Crippen molar-refractivity contribution in [3.05, 3.63) is 65.9 Å². The van der Waals surface area contributed by atoms with Gasteiger partial charge in [0.15, 0.2) is 11.5 Å². The van der Waals surface area contributed by atoms with Crippen LogP contribution in [0.1, 0.15) is 15.9 Å². The van der Waals surface area contributed by atoms with E-state index in [1.54, 1.807) is 6.20 Å². The Morgan fingerprint density at radius 3 is 2.83 bits per heavy atom. The molecule has 0 radical (unpaired) electrons. The molecule has 0 fully saturated rings. The monoisotopic (exact) mass is 309 g/mol. The van der Waals surface area contributed by atoms with Crippen LogP contribution in [0.4, 0.5) is 0 Å². The molecule has 116 valence electrons. The molecule has 3 rings (SSSR count). The van der Waals surface area contributed by atoms with Crippen LogP contribution < -0.4 is 4.74 Å². The summed E-state index contributed by atoms with van der Waals surface area (Å²) in [5, 5.41) is 10.5. The molecule has 0 aliphatic carbocycles. The Hall–Kier alpha value is -3.08. The van der Waals surface area contributed by atoms with Gasteiger partial charge in [0.25, 0.3) is 0 Å². The SMILES string of the molecule is COc1cc(C(=O)OCc2cnc3ccccc3c2)ccc1O. The summed E-state index contributed by atoms with van der Waals surface area (Å²) in [7, 11) is 1.42. The first kappa shape index (κ1) is 14.8. The number of pyridine rings is 1. The van der Waals surface area contributed by atoms with E-state index in [4.69, 9.17) is 9.47 Å². The molecular formula is C18H15NO4. The van der Waals surface area contributed by atoms with Crippen molar-refractivity contribution in [2.45, 2.75) is 6.61 Å². The van der Waals surface area contributed by atoms with Crippen LogP contribution in [0.15, 0.2) is 54.7 Å². The Morgan fingerprint density at radius 2 is 2.00 bits per heavy atom. The fourth-order valence-electron chi connectivity index (χ4n) is 2.23. The van der Waals surface area contributed by atoms with E-state index in [9.17, 15) is 9.90 Å². The van der Waals surface area contributed by atoms with Crippen LogP contribution in [0, 0.1) is 0 Å². The van der Waals surface area contributed by atoms with Gasteiger partial charge in [-0.1, -0.05) is 18.2 Å². The minimum atomic E-state index is -0.489. The van der Waals surface area contributed by atoms with E-state index in [-0.39, 0.29) is 18.1 Å². The topological polar surface area (TPSA) is 68.7 Å². The number of phenolic OH excluding ortho intramolecular Hbond substituents is 1. The number of carbonyl (C=O) groups excluding carboxylic acids is 1. The molecule has 1 aromatic heterocycles. The van der Waals surface area contributed by atoms with E-state index in [1.165, 1.54) is 25.3 Å². The highest BCUT2D eigenvalue weighted by Gasteiger charge is 2.11. The second-order valence-corrected chi connectivity index (χ2v) is 5.00. The summed E-state index contributed by atoms with van der Waals surface area (Å²) in [5.74, 6) is -0.286. The fraction of sp³-hybridized carbons (Fsp3) is 0.111. The van der Waals surface area contributed by atoms with Gasteiger partial charge in [-0.05, 0) is 30.3 Å². The molecule has 0 spiro atoms. The smallest absolute Gasteiger partial charge is 0.338 e. The summed E-state index contributed by atoms with van der Waals surface area (Å²) < 4.78 is 10.3. The quantitative estimate of drug-likeness (QED) is 0.749. The van der Waals surface area contributed by atoms with Crippen LogP contribution in [0.25, 0.3) is 10.9 Å². The van der Waals surface area contributed by atoms with E-state index in [0.717, 1.165) is 16.5 Å². The fourth-order valence-corrected chi connectivity index (χ4v) is 2.23. The van der Waals surface area contributed by atoms with Gasteiger partial charge in [-0.25, -0.2) is 4.79 Å². The zero-order valence-electron chi connectivity index (χ0n) is 12.5. The van der Waals surface area contributed by atoms with Crippen LogP contribution in [-0.4, -0.2) is 23.2 Å². The summed E-state index contributed by atoms with van der Waals surface area (Å²) in [6.45, 7) is 0.125. The summed E-state index contributed by atoms with van der Waals surface area (Å²) in [5.41, 5.74) is 2.02. The van der Waals surface area contributed by atoms with Crippen LogP contribution >= 0.6 is 0 Å². The molecular weight excluding hydrogens is 294 g/mol. The van der Waals surface area contributed by atoms with Crippen molar-refractivity contribution in [3.63, 3.8) is 0 Å². The van der Waals surface area contributed by atoms with Crippen LogP contribution in [0.5, 0.6) is 11.5 Å². The number of aromatic nitrogens is 1. The average molecular weight is 309 g/mol. The van der Waals surface area contributed by atoms with Gasteiger partial charge in [0.05, 0.1) is 18.2 Å². The van der Waals surface area contributed by atoms with Gasteiger partial charge < -0.3 is 14.6 Å². The number of esters is 1. The number of fused-ring (bicyclic) bond motifs is 1. The first-order chi connectivity index (χ1) is 11.2. The van der Waals surface area contributed by atoms with Gasteiger partial charge in [0.1, 0.15) is 6.61 Å². The molecule has 0 saturated heterocycles. The Balaban J connectivity index is 1.72. The second kappa shape index (κ2) is 6.36. The van der Waals surface area contributed by atoms with Crippen LogP contribution in [-0.2, 0) is 11.3 Å². The molecule has 0 aliphatic heterocycles. The Bertz CT molecular complexity index is 861. The van der Waals surface area contributed by atoms with Gasteiger partial charge >= 0.3 is 5.97 Å². The number of hydrogen-bond donors (Lipinski definition) is 1. The lowest BCUT2D eigenvalue weighted by Crippen LogP contribution is -2.05. The van der Waals surface area contributed by atoms with Crippen LogP contribution in [0.3, 0.4) is 0 Å². The summed E-state index contributed by atoms with van der Waals surface area (Å²) >= 11 is 0. The number of hydrogen-bond acceptors (Lipinski definition) is 5. The van der Waals surface area contributed by atoms with Gasteiger partial charge in [-0.2, -0.15) is 0 Å². The minimum absolute atomic E-state index is 0.0252. The molecule has 3 aromatic rings. The lowest BCUT2D eigenvalue weighted by atomic mass is 10.1. The number of methoxy groups -OCH3 is 1. The van der Waals surface area contributed by atoms with Crippen molar-refractivity contribution in [1.82, 2.24) is 4.98 Å². The highest BCUT2D eigenvalue weighted by Crippen LogP contribution is 2.26. The number of phenols is 1. The van der Waals surface area contributed by atoms with E-state index < -0.39 is 5.97 Å². The molecule has 0 unspecified atom stereocenters. The molecule has 5 nitrogen and oxygen atoms in total. The number of para-hydroxylation sites is 1. The van der Waals surface area contributed by atoms with E-state index in [2.05, 4.69) is 4.98 Å². The third-order valence-corrected chi connectivity index (χ3v) is 3.43. The number of carbonyl (C=O) groups is 1. The largest absolute Gasteiger partial charge is 0.504 e. The van der Waals surface area contributed by atoms with E-state index >= 15 is 0 Å². The maximum absolute atomic E-state index is 12.1. The molecule has 2 aromatic carbocycles. The first-order valence-electron chi connectivity index (χ1n) is 7.05. The van der Waals surface area contributed by atoms with Crippen molar-refractivity contribution >= 4 is 16.9 Å². The molecule has 1 heterocycles. The number of nitrogens with zero attached hydrogens (tertiary/aromatic N) is 1. The van der Waals surface area contributed by atoms with Crippen molar-refractivity contribution in [1.29, 1.82) is 0 Å². The normalized spacial score (nSPS) is 10.5. The molecule has 0 aliphatic rings. The minimum Gasteiger partial charge on any atom is -0.504 e. The van der Waals surface area contributed by atoms with Gasteiger partial charge in [0.2, 0.25) is 0 Å². The number of rotatable bonds is 4. The lowest BCUT2D eigenvalue weighted by molar-refractivity contribution is 0.0472. The van der Waals surface area contributed by atoms with Gasteiger partial charge in [-0.15, -0.1) is 0 Å². The summed E-state index contributed by atoms with van der Waals surface area (Å²) in [4.78, 5) is 16.4. The summed E-state index contributed by atoms with van der Waals surface area (Å²) in [6, 6.07) is 14.0. The zero-order chi connectivity index (χ0) is 16.2. The highest BCUT2D eigenvalue weighted by molar-refractivity contribution is 5.90. The number of ether oxygens (including phenoxy) is 2. The molecule has 0 bridgehead atoms.